The maximum absolute atomic E-state index is 11.8. The van der Waals surface area contributed by atoms with Crippen LogP contribution in [0.3, 0.4) is 0 Å². The van der Waals surface area contributed by atoms with Crippen LogP contribution in [0.15, 0.2) is 22.7 Å². The van der Waals surface area contributed by atoms with E-state index in [0.717, 1.165) is 22.3 Å². The summed E-state index contributed by atoms with van der Waals surface area (Å²) in [4.78, 5) is 11.8. The number of amides is 1. The molecule has 2 aliphatic rings. The van der Waals surface area contributed by atoms with E-state index in [1.165, 1.54) is 12.8 Å². The van der Waals surface area contributed by atoms with Gasteiger partial charge in [0.25, 0.3) is 0 Å². The smallest absolute Gasteiger partial charge is 0.233 e. The van der Waals surface area contributed by atoms with Crippen molar-refractivity contribution in [2.24, 2.45) is 0 Å². The van der Waals surface area contributed by atoms with Gasteiger partial charge in [0.05, 0.1) is 5.92 Å². The van der Waals surface area contributed by atoms with Crippen molar-refractivity contribution >= 4 is 27.5 Å². The molecule has 84 valence electrons. The molecule has 0 saturated heterocycles. The van der Waals surface area contributed by atoms with E-state index in [4.69, 9.17) is 0 Å². The lowest BCUT2D eigenvalue weighted by molar-refractivity contribution is -0.116. The summed E-state index contributed by atoms with van der Waals surface area (Å²) in [7, 11) is 0. The number of anilines is 1. The zero-order valence-electron chi connectivity index (χ0n) is 8.79. The number of fused-ring (bicyclic) bond motifs is 1. The van der Waals surface area contributed by atoms with E-state index in [-0.39, 0.29) is 11.8 Å². The Labute approximate surface area is 103 Å². The summed E-state index contributed by atoms with van der Waals surface area (Å²) in [6.07, 6.45) is 2.50. The molecule has 0 bridgehead atoms. The molecule has 0 spiro atoms. The standard InChI is InChI=1S/C12H13BrN2O/c13-7-1-4-9-10(6-14-8-2-3-8)12(16)15-11(9)5-7/h1,4-5,8,10,14H,2-3,6H2,(H,15,16). The molecule has 0 aromatic heterocycles. The van der Waals surface area contributed by atoms with E-state index in [0.29, 0.717) is 6.04 Å². The highest BCUT2D eigenvalue weighted by molar-refractivity contribution is 9.10. The fourth-order valence-electron chi connectivity index (χ4n) is 2.08. The Hall–Kier alpha value is -0.870. The molecule has 0 radical (unpaired) electrons. The molecule has 3 nitrogen and oxygen atoms in total. The van der Waals surface area contributed by atoms with Crippen molar-refractivity contribution in [3.05, 3.63) is 28.2 Å². The van der Waals surface area contributed by atoms with Crippen LogP contribution in [0.4, 0.5) is 5.69 Å². The number of benzene rings is 1. The molecule has 1 unspecified atom stereocenters. The van der Waals surface area contributed by atoms with Gasteiger partial charge in [0.2, 0.25) is 5.91 Å². The Morgan fingerprint density at radius 2 is 2.25 bits per heavy atom. The molecule has 1 heterocycles. The number of carbonyl (C=O) groups excluding carboxylic acids is 1. The number of hydrogen-bond acceptors (Lipinski definition) is 2. The maximum atomic E-state index is 11.8. The highest BCUT2D eigenvalue weighted by atomic mass is 79.9. The van der Waals surface area contributed by atoms with Crippen molar-refractivity contribution in [3.63, 3.8) is 0 Å². The Morgan fingerprint density at radius 1 is 1.44 bits per heavy atom. The van der Waals surface area contributed by atoms with Crippen molar-refractivity contribution in [2.75, 3.05) is 11.9 Å². The predicted octanol–water partition coefficient (Wildman–Crippen LogP) is 2.24. The molecule has 4 heteroatoms. The maximum Gasteiger partial charge on any atom is 0.233 e. The normalized spacial score (nSPS) is 23.1. The first-order valence-corrected chi connectivity index (χ1v) is 6.37. The van der Waals surface area contributed by atoms with E-state index in [9.17, 15) is 4.79 Å². The largest absolute Gasteiger partial charge is 0.325 e. The Bertz CT molecular complexity index is 443. The van der Waals surface area contributed by atoms with Crippen LogP contribution in [-0.2, 0) is 4.79 Å². The summed E-state index contributed by atoms with van der Waals surface area (Å²) in [5.41, 5.74) is 2.06. The highest BCUT2D eigenvalue weighted by Crippen LogP contribution is 2.34. The summed E-state index contributed by atoms with van der Waals surface area (Å²) < 4.78 is 1.00. The second-order valence-electron chi connectivity index (χ2n) is 4.46. The zero-order chi connectivity index (χ0) is 11.1. The van der Waals surface area contributed by atoms with Gasteiger partial charge in [-0.25, -0.2) is 0 Å². The first-order valence-electron chi connectivity index (χ1n) is 5.58. The molecule has 1 amide bonds. The lowest BCUT2D eigenvalue weighted by Gasteiger charge is -2.09. The molecule has 16 heavy (non-hydrogen) atoms. The van der Waals surface area contributed by atoms with Crippen molar-refractivity contribution < 1.29 is 4.79 Å². The monoisotopic (exact) mass is 280 g/mol. The molecule has 2 N–H and O–H groups in total. The van der Waals surface area contributed by atoms with E-state index in [1.54, 1.807) is 0 Å². The topological polar surface area (TPSA) is 41.1 Å². The molecular formula is C12H13BrN2O. The molecule has 1 aliphatic heterocycles. The van der Waals surface area contributed by atoms with Gasteiger partial charge in [0, 0.05) is 22.7 Å². The number of halogens is 1. The van der Waals surface area contributed by atoms with Crippen LogP contribution in [0.2, 0.25) is 0 Å². The summed E-state index contributed by atoms with van der Waals surface area (Å²) in [6, 6.07) is 6.62. The summed E-state index contributed by atoms with van der Waals surface area (Å²) >= 11 is 3.41. The van der Waals surface area contributed by atoms with Crippen molar-refractivity contribution in [3.8, 4) is 0 Å². The highest BCUT2D eigenvalue weighted by Gasteiger charge is 2.32. The van der Waals surface area contributed by atoms with Crippen molar-refractivity contribution in [1.82, 2.24) is 5.32 Å². The van der Waals surface area contributed by atoms with Gasteiger partial charge in [-0.3, -0.25) is 4.79 Å². The third kappa shape index (κ3) is 1.87. The first kappa shape index (κ1) is 10.3. The fraction of sp³-hybridized carbons (Fsp3) is 0.417. The number of nitrogens with one attached hydrogen (secondary N) is 2. The van der Waals surface area contributed by atoms with Gasteiger partial charge >= 0.3 is 0 Å². The average Bonchev–Trinajstić information content (AvgIpc) is 3.00. The first-order chi connectivity index (χ1) is 7.74. The molecule has 3 rings (SSSR count). The van der Waals surface area contributed by atoms with E-state index in [1.807, 2.05) is 18.2 Å². The Balaban J connectivity index is 1.81. The summed E-state index contributed by atoms with van der Waals surface area (Å²) in [5.74, 6) is 0.0879. The van der Waals surface area contributed by atoms with Crippen LogP contribution < -0.4 is 10.6 Å². The van der Waals surface area contributed by atoms with Gasteiger partial charge in [0.1, 0.15) is 0 Å². The van der Waals surface area contributed by atoms with Gasteiger partial charge in [0.15, 0.2) is 0 Å². The van der Waals surface area contributed by atoms with Crippen LogP contribution in [0, 0.1) is 0 Å². The molecule has 1 aliphatic carbocycles. The fourth-order valence-corrected chi connectivity index (χ4v) is 2.44. The molecule has 1 aromatic carbocycles. The third-order valence-corrected chi connectivity index (χ3v) is 3.65. The minimum atomic E-state index is -0.0244. The van der Waals surface area contributed by atoms with Crippen LogP contribution >= 0.6 is 15.9 Å². The Kier molecular flexibility index (Phi) is 2.48. The second kappa shape index (κ2) is 3.86. The number of hydrogen-bond donors (Lipinski definition) is 2. The summed E-state index contributed by atoms with van der Waals surface area (Å²) in [5, 5.41) is 6.34. The molecule has 1 fully saturated rings. The van der Waals surface area contributed by atoms with Gasteiger partial charge < -0.3 is 10.6 Å². The van der Waals surface area contributed by atoms with Crippen LogP contribution in [0.1, 0.15) is 24.3 Å². The van der Waals surface area contributed by atoms with Gasteiger partial charge in [-0.05, 0) is 30.5 Å². The van der Waals surface area contributed by atoms with Crippen molar-refractivity contribution in [1.29, 1.82) is 0 Å². The van der Waals surface area contributed by atoms with Gasteiger partial charge in [-0.15, -0.1) is 0 Å². The SMILES string of the molecule is O=C1Nc2cc(Br)ccc2C1CNC1CC1. The second-order valence-corrected chi connectivity index (χ2v) is 5.37. The third-order valence-electron chi connectivity index (χ3n) is 3.15. The number of carbonyl (C=O) groups is 1. The van der Waals surface area contributed by atoms with Crippen LogP contribution in [0.5, 0.6) is 0 Å². The van der Waals surface area contributed by atoms with Crippen LogP contribution in [-0.4, -0.2) is 18.5 Å². The summed E-state index contributed by atoms with van der Waals surface area (Å²) in [6.45, 7) is 0.755. The van der Waals surface area contributed by atoms with E-state index < -0.39 is 0 Å². The van der Waals surface area contributed by atoms with Gasteiger partial charge in [-0.1, -0.05) is 22.0 Å². The molecule has 1 aromatic rings. The zero-order valence-corrected chi connectivity index (χ0v) is 10.4. The van der Waals surface area contributed by atoms with Crippen LogP contribution in [0.25, 0.3) is 0 Å². The number of rotatable bonds is 3. The predicted molar refractivity (Wildman–Crippen MR) is 66.5 cm³/mol. The minimum Gasteiger partial charge on any atom is -0.325 e. The lowest BCUT2D eigenvalue weighted by Crippen LogP contribution is -2.27. The molecular weight excluding hydrogens is 268 g/mol. The van der Waals surface area contributed by atoms with Gasteiger partial charge in [-0.2, -0.15) is 0 Å². The van der Waals surface area contributed by atoms with E-state index in [2.05, 4.69) is 26.6 Å². The minimum absolute atomic E-state index is 0.0244. The van der Waals surface area contributed by atoms with Crippen molar-refractivity contribution in [2.45, 2.75) is 24.8 Å². The molecule has 1 atom stereocenters. The lowest BCUT2D eigenvalue weighted by atomic mass is 10.0. The quantitative estimate of drug-likeness (QED) is 0.892. The Morgan fingerprint density at radius 3 is 3.00 bits per heavy atom. The average molecular weight is 281 g/mol. The van der Waals surface area contributed by atoms with E-state index >= 15 is 0 Å². The molecule has 1 saturated carbocycles.